The van der Waals surface area contributed by atoms with E-state index in [2.05, 4.69) is 20.8 Å². The van der Waals surface area contributed by atoms with Crippen LogP contribution >= 0.6 is 0 Å². The molecule has 2 amide bonds. The van der Waals surface area contributed by atoms with E-state index in [0.717, 1.165) is 11.1 Å². The van der Waals surface area contributed by atoms with Gasteiger partial charge in [0.1, 0.15) is 5.92 Å². The Kier molecular flexibility index (Phi) is 4.42. The van der Waals surface area contributed by atoms with E-state index in [-0.39, 0.29) is 11.8 Å². The van der Waals surface area contributed by atoms with Gasteiger partial charge in [0.25, 0.3) is 5.91 Å². The largest absolute Gasteiger partial charge is 0.355 e. The number of nitrogens with one attached hydrogen (secondary N) is 2. The number of hydrogen-bond acceptors (Lipinski definition) is 4. The predicted octanol–water partition coefficient (Wildman–Crippen LogP) is 1.06. The van der Waals surface area contributed by atoms with E-state index in [1.54, 1.807) is 18.5 Å². The number of hydrogen-bond donors (Lipinski definition) is 2. The van der Waals surface area contributed by atoms with Crippen molar-refractivity contribution in [3.05, 3.63) is 66.0 Å². The molecule has 2 N–H and O–H groups in total. The maximum atomic E-state index is 12.3. The number of carbonyl (C=O) groups is 2. The Hall–Kier alpha value is -3.02. The molecule has 2 heterocycles. The molecule has 1 aliphatic rings. The number of hydrazone groups is 1. The lowest BCUT2D eigenvalue weighted by Gasteiger charge is -2.15. The zero-order valence-electron chi connectivity index (χ0n) is 12.3. The highest BCUT2D eigenvalue weighted by atomic mass is 16.2. The van der Waals surface area contributed by atoms with Crippen molar-refractivity contribution in [1.82, 2.24) is 15.7 Å². The van der Waals surface area contributed by atoms with E-state index in [9.17, 15) is 9.59 Å². The Morgan fingerprint density at radius 2 is 2.09 bits per heavy atom. The van der Waals surface area contributed by atoms with E-state index < -0.39 is 11.8 Å². The van der Waals surface area contributed by atoms with E-state index in [0.29, 0.717) is 6.54 Å². The van der Waals surface area contributed by atoms with Gasteiger partial charge in [0.05, 0.1) is 6.21 Å². The average molecular weight is 308 g/mol. The SMILES string of the molecule is O=C1NC[C@@H](c2ccccc2)[C@@H]1C(=O)NN=Cc1cccnc1. The maximum Gasteiger partial charge on any atom is 0.253 e. The summed E-state index contributed by atoms with van der Waals surface area (Å²) in [6.07, 6.45) is 4.78. The van der Waals surface area contributed by atoms with Crippen LogP contribution < -0.4 is 10.7 Å². The molecule has 0 unspecified atom stereocenters. The molecule has 1 aliphatic heterocycles. The molecule has 23 heavy (non-hydrogen) atoms. The lowest BCUT2D eigenvalue weighted by molar-refractivity contribution is -0.133. The molecule has 0 aliphatic carbocycles. The standard InChI is InChI=1S/C17H16N4O2/c22-16-15(14(11-19-16)13-6-2-1-3-7-13)17(23)21-20-10-12-5-4-8-18-9-12/h1-10,14-15H,11H2,(H,19,22)(H,21,23)/t14-,15-/m0/s1. The van der Waals surface area contributed by atoms with Gasteiger partial charge < -0.3 is 5.32 Å². The number of rotatable bonds is 4. The van der Waals surface area contributed by atoms with Gasteiger partial charge in [-0.15, -0.1) is 0 Å². The molecule has 2 atom stereocenters. The summed E-state index contributed by atoms with van der Waals surface area (Å²) in [5.41, 5.74) is 4.17. The second-order valence-corrected chi connectivity index (χ2v) is 5.26. The van der Waals surface area contributed by atoms with Crippen LogP contribution in [-0.4, -0.2) is 29.6 Å². The summed E-state index contributed by atoms with van der Waals surface area (Å²) in [6, 6.07) is 13.1. The molecule has 1 aromatic heterocycles. The van der Waals surface area contributed by atoms with Gasteiger partial charge in [-0.25, -0.2) is 5.43 Å². The van der Waals surface area contributed by atoms with E-state index in [1.165, 1.54) is 6.21 Å². The number of pyridine rings is 1. The van der Waals surface area contributed by atoms with Gasteiger partial charge in [-0.3, -0.25) is 14.6 Å². The van der Waals surface area contributed by atoms with Crippen molar-refractivity contribution in [2.45, 2.75) is 5.92 Å². The van der Waals surface area contributed by atoms with Crippen LogP contribution in [0.2, 0.25) is 0 Å². The van der Waals surface area contributed by atoms with Crippen LogP contribution in [0.3, 0.4) is 0 Å². The molecule has 0 spiro atoms. The first-order valence-corrected chi connectivity index (χ1v) is 7.31. The highest BCUT2D eigenvalue weighted by Gasteiger charge is 2.40. The minimum absolute atomic E-state index is 0.183. The summed E-state index contributed by atoms with van der Waals surface area (Å²) >= 11 is 0. The topological polar surface area (TPSA) is 83.5 Å². The lowest BCUT2D eigenvalue weighted by Crippen LogP contribution is -2.34. The van der Waals surface area contributed by atoms with Crippen LogP contribution in [0.15, 0.2) is 60.0 Å². The molecule has 1 fully saturated rings. The van der Waals surface area contributed by atoms with Gasteiger partial charge in [0.2, 0.25) is 5.91 Å². The second-order valence-electron chi connectivity index (χ2n) is 5.26. The average Bonchev–Trinajstić information content (AvgIpc) is 2.98. The molecule has 2 aromatic rings. The molecule has 116 valence electrons. The van der Waals surface area contributed by atoms with Crippen molar-refractivity contribution in [1.29, 1.82) is 0 Å². The molecular weight excluding hydrogens is 292 g/mol. The van der Waals surface area contributed by atoms with Gasteiger partial charge in [0.15, 0.2) is 0 Å². The normalized spacial score (nSPS) is 20.4. The summed E-state index contributed by atoms with van der Waals surface area (Å²) in [5, 5.41) is 6.65. The van der Waals surface area contributed by atoms with Crippen molar-refractivity contribution in [2.24, 2.45) is 11.0 Å². The number of nitrogens with zero attached hydrogens (tertiary/aromatic N) is 2. The molecular formula is C17H16N4O2. The summed E-state index contributed by atoms with van der Waals surface area (Å²) < 4.78 is 0. The number of amides is 2. The lowest BCUT2D eigenvalue weighted by atomic mass is 9.88. The van der Waals surface area contributed by atoms with E-state index in [1.807, 2.05) is 36.4 Å². The summed E-state index contributed by atoms with van der Waals surface area (Å²) in [6.45, 7) is 0.452. The fourth-order valence-electron chi connectivity index (χ4n) is 2.63. The molecule has 0 radical (unpaired) electrons. The summed E-state index contributed by atoms with van der Waals surface area (Å²) in [4.78, 5) is 28.3. The van der Waals surface area contributed by atoms with Gasteiger partial charge in [0, 0.05) is 30.4 Å². The first-order chi connectivity index (χ1) is 11.3. The van der Waals surface area contributed by atoms with Crippen LogP contribution in [0.25, 0.3) is 0 Å². The minimum Gasteiger partial charge on any atom is -0.355 e. The highest BCUT2D eigenvalue weighted by molar-refractivity contribution is 6.03. The number of carbonyl (C=O) groups excluding carboxylic acids is 2. The Labute approximate surface area is 133 Å². The molecule has 6 heteroatoms. The summed E-state index contributed by atoms with van der Waals surface area (Å²) in [5.74, 6) is -1.64. The maximum absolute atomic E-state index is 12.3. The van der Waals surface area contributed by atoms with Crippen LogP contribution in [0.1, 0.15) is 17.0 Å². The Morgan fingerprint density at radius 1 is 1.26 bits per heavy atom. The van der Waals surface area contributed by atoms with Crippen LogP contribution in [0.4, 0.5) is 0 Å². The van der Waals surface area contributed by atoms with Gasteiger partial charge in [-0.05, 0) is 11.6 Å². The second kappa shape index (κ2) is 6.83. The van der Waals surface area contributed by atoms with Crippen LogP contribution in [-0.2, 0) is 9.59 Å². The minimum atomic E-state index is -0.775. The van der Waals surface area contributed by atoms with Crippen LogP contribution in [0, 0.1) is 5.92 Å². The third kappa shape index (κ3) is 3.42. The van der Waals surface area contributed by atoms with Gasteiger partial charge in [-0.1, -0.05) is 36.4 Å². The van der Waals surface area contributed by atoms with Crippen LogP contribution in [0.5, 0.6) is 0 Å². The van der Waals surface area contributed by atoms with Crippen molar-refractivity contribution >= 4 is 18.0 Å². The van der Waals surface area contributed by atoms with Gasteiger partial charge in [-0.2, -0.15) is 5.10 Å². The van der Waals surface area contributed by atoms with Crippen molar-refractivity contribution in [2.75, 3.05) is 6.54 Å². The molecule has 0 saturated carbocycles. The predicted molar refractivity (Wildman–Crippen MR) is 85.7 cm³/mol. The van der Waals surface area contributed by atoms with Crippen molar-refractivity contribution < 1.29 is 9.59 Å². The number of benzene rings is 1. The Morgan fingerprint density at radius 3 is 2.83 bits per heavy atom. The molecule has 0 bridgehead atoms. The fraction of sp³-hybridized carbons (Fsp3) is 0.176. The third-order valence-electron chi connectivity index (χ3n) is 3.76. The van der Waals surface area contributed by atoms with E-state index in [4.69, 9.17) is 0 Å². The Balaban J connectivity index is 1.70. The monoisotopic (exact) mass is 308 g/mol. The molecule has 1 aromatic carbocycles. The quantitative estimate of drug-likeness (QED) is 0.503. The first kappa shape index (κ1) is 14.9. The molecule has 6 nitrogen and oxygen atoms in total. The highest BCUT2D eigenvalue weighted by Crippen LogP contribution is 2.28. The smallest absolute Gasteiger partial charge is 0.253 e. The summed E-state index contributed by atoms with van der Waals surface area (Å²) in [7, 11) is 0. The van der Waals surface area contributed by atoms with Crippen molar-refractivity contribution in [3.63, 3.8) is 0 Å². The zero-order chi connectivity index (χ0) is 16.1. The molecule has 1 saturated heterocycles. The third-order valence-corrected chi connectivity index (χ3v) is 3.76. The van der Waals surface area contributed by atoms with Gasteiger partial charge >= 0.3 is 0 Å². The first-order valence-electron chi connectivity index (χ1n) is 7.31. The van der Waals surface area contributed by atoms with Crippen molar-refractivity contribution in [3.8, 4) is 0 Å². The number of aromatic nitrogens is 1. The van der Waals surface area contributed by atoms with E-state index >= 15 is 0 Å². The Bertz CT molecular complexity index is 716. The fourth-order valence-corrected chi connectivity index (χ4v) is 2.63. The zero-order valence-corrected chi connectivity index (χ0v) is 12.3. The molecule has 3 rings (SSSR count).